The number of rotatable bonds is 3. The number of hydrogen-bond acceptors (Lipinski definition) is 1. The molecule has 0 atom stereocenters. The van der Waals surface area contributed by atoms with Crippen molar-refractivity contribution in [3.63, 3.8) is 0 Å². The van der Waals surface area contributed by atoms with Gasteiger partial charge in [-0.05, 0) is 45.1 Å². The molecule has 1 aromatic heterocycles. The maximum Gasteiger partial charge on any atom is 0.0482 e. The first-order chi connectivity index (χ1) is 8.59. The molecule has 0 amide bonds. The van der Waals surface area contributed by atoms with Gasteiger partial charge in [0, 0.05) is 30.2 Å². The maximum atomic E-state index is 2.29. The van der Waals surface area contributed by atoms with E-state index in [4.69, 9.17) is 0 Å². The smallest absolute Gasteiger partial charge is 0.0482 e. The predicted octanol–water partition coefficient (Wildman–Crippen LogP) is 3.62. The zero-order valence-corrected chi connectivity index (χ0v) is 12.6. The highest BCUT2D eigenvalue weighted by Gasteiger charge is 2.06. The lowest BCUT2D eigenvalue weighted by Gasteiger charge is -2.10. The summed E-state index contributed by atoms with van der Waals surface area (Å²) in [5, 5.41) is 1.41. The Morgan fingerprint density at radius 2 is 1.83 bits per heavy atom. The van der Waals surface area contributed by atoms with Crippen molar-refractivity contribution in [1.29, 1.82) is 0 Å². The average molecular weight is 246 g/mol. The molecular weight excluding hydrogens is 220 g/mol. The fraction of sp³-hybridized carbons (Fsp3) is 0.500. The van der Waals surface area contributed by atoms with E-state index in [1.807, 2.05) is 13.8 Å². The van der Waals surface area contributed by atoms with Crippen LogP contribution >= 0.6 is 0 Å². The molecule has 2 aromatic rings. The van der Waals surface area contributed by atoms with Crippen LogP contribution in [-0.4, -0.2) is 30.1 Å². The van der Waals surface area contributed by atoms with Gasteiger partial charge in [0.1, 0.15) is 0 Å². The monoisotopic (exact) mass is 246 g/mol. The summed E-state index contributed by atoms with van der Waals surface area (Å²) in [5.74, 6) is 0. The topological polar surface area (TPSA) is 8.17 Å². The van der Waals surface area contributed by atoms with Crippen molar-refractivity contribution in [3.05, 3.63) is 35.5 Å². The van der Waals surface area contributed by atoms with Crippen LogP contribution in [0.3, 0.4) is 0 Å². The molecule has 0 saturated heterocycles. The first kappa shape index (κ1) is 14.8. The van der Waals surface area contributed by atoms with Gasteiger partial charge >= 0.3 is 0 Å². The Labute approximate surface area is 111 Å². The first-order valence-corrected chi connectivity index (χ1v) is 6.78. The van der Waals surface area contributed by atoms with Gasteiger partial charge in [-0.3, -0.25) is 0 Å². The summed E-state index contributed by atoms with van der Waals surface area (Å²) in [7, 11) is 6.38. The standard InChI is InChI=1S/C14H20N2.C2H6/c1-11-10-13-12(8-9-15(2)3)6-5-7-14(13)16(11)4;1-2/h5-7,10H,8-9H2,1-4H3;1-2H3. The fourth-order valence-electron chi connectivity index (χ4n) is 2.12. The zero-order chi connectivity index (χ0) is 13.7. The van der Waals surface area contributed by atoms with Crippen LogP contribution in [0.2, 0.25) is 0 Å². The normalized spacial score (nSPS) is 10.6. The summed E-state index contributed by atoms with van der Waals surface area (Å²) in [6.07, 6.45) is 1.12. The minimum absolute atomic E-state index is 1.10. The minimum Gasteiger partial charge on any atom is -0.348 e. The molecular formula is C16H26N2. The molecule has 2 nitrogen and oxygen atoms in total. The molecule has 0 spiro atoms. The van der Waals surface area contributed by atoms with E-state index in [0.717, 1.165) is 13.0 Å². The second kappa shape index (κ2) is 6.60. The molecule has 2 heteroatoms. The van der Waals surface area contributed by atoms with Gasteiger partial charge in [-0.25, -0.2) is 0 Å². The van der Waals surface area contributed by atoms with Gasteiger partial charge in [-0.2, -0.15) is 0 Å². The van der Waals surface area contributed by atoms with Gasteiger partial charge in [0.15, 0.2) is 0 Å². The van der Waals surface area contributed by atoms with Crippen LogP contribution in [0.1, 0.15) is 25.1 Å². The molecule has 0 fully saturated rings. The van der Waals surface area contributed by atoms with Gasteiger partial charge in [0.05, 0.1) is 0 Å². The number of benzene rings is 1. The second-order valence-electron chi connectivity index (χ2n) is 4.75. The van der Waals surface area contributed by atoms with E-state index in [0.29, 0.717) is 0 Å². The third-order valence-electron chi connectivity index (χ3n) is 3.25. The van der Waals surface area contributed by atoms with Crippen LogP contribution in [0.5, 0.6) is 0 Å². The molecule has 0 aliphatic heterocycles. The predicted molar refractivity (Wildman–Crippen MR) is 81.3 cm³/mol. The van der Waals surface area contributed by atoms with E-state index in [9.17, 15) is 0 Å². The van der Waals surface area contributed by atoms with Crippen molar-refractivity contribution in [2.45, 2.75) is 27.2 Å². The van der Waals surface area contributed by atoms with E-state index in [2.05, 4.69) is 61.8 Å². The average Bonchev–Trinajstić information content (AvgIpc) is 2.66. The van der Waals surface area contributed by atoms with Crippen LogP contribution < -0.4 is 0 Å². The summed E-state index contributed by atoms with van der Waals surface area (Å²) in [5.41, 5.74) is 4.12. The Hall–Kier alpha value is -1.28. The third-order valence-corrected chi connectivity index (χ3v) is 3.25. The van der Waals surface area contributed by atoms with Crippen LogP contribution in [0.15, 0.2) is 24.3 Å². The van der Waals surface area contributed by atoms with Gasteiger partial charge in [-0.15, -0.1) is 0 Å². The van der Waals surface area contributed by atoms with Gasteiger partial charge < -0.3 is 9.47 Å². The number of aryl methyl sites for hydroxylation is 2. The number of likely N-dealkylation sites (N-methyl/N-ethyl adjacent to an activating group) is 1. The highest BCUT2D eigenvalue weighted by atomic mass is 15.0. The molecule has 0 N–H and O–H groups in total. The lowest BCUT2D eigenvalue weighted by atomic mass is 10.1. The van der Waals surface area contributed by atoms with Crippen molar-refractivity contribution >= 4 is 10.9 Å². The molecule has 100 valence electrons. The van der Waals surface area contributed by atoms with Crippen molar-refractivity contribution in [2.75, 3.05) is 20.6 Å². The third kappa shape index (κ3) is 3.14. The molecule has 0 aliphatic carbocycles. The number of hydrogen-bond donors (Lipinski definition) is 0. The van der Waals surface area contributed by atoms with Crippen LogP contribution in [0.25, 0.3) is 10.9 Å². The highest BCUT2D eigenvalue weighted by Crippen LogP contribution is 2.22. The quantitative estimate of drug-likeness (QED) is 0.803. The SMILES string of the molecule is CC.Cc1cc2c(CCN(C)C)cccc2n1C. The van der Waals surface area contributed by atoms with E-state index >= 15 is 0 Å². The summed E-state index contributed by atoms with van der Waals surface area (Å²) in [6.45, 7) is 7.27. The van der Waals surface area contributed by atoms with Crippen molar-refractivity contribution in [3.8, 4) is 0 Å². The molecule has 2 rings (SSSR count). The fourth-order valence-corrected chi connectivity index (χ4v) is 2.12. The van der Waals surface area contributed by atoms with Crippen molar-refractivity contribution < 1.29 is 0 Å². The largest absolute Gasteiger partial charge is 0.348 e. The van der Waals surface area contributed by atoms with Crippen LogP contribution in [0.4, 0.5) is 0 Å². The van der Waals surface area contributed by atoms with E-state index in [1.165, 1.54) is 22.2 Å². The summed E-state index contributed by atoms with van der Waals surface area (Å²) in [4.78, 5) is 2.23. The van der Waals surface area contributed by atoms with Gasteiger partial charge in [0.25, 0.3) is 0 Å². The molecule has 18 heavy (non-hydrogen) atoms. The first-order valence-electron chi connectivity index (χ1n) is 6.78. The Kier molecular flexibility index (Phi) is 5.42. The van der Waals surface area contributed by atoms with Gasteiger partial charge in [0.2, 0.25) is 0 Å². The second-order valence-corrected chi connectivity index (χ2v) is 4.75. The molecule has 0 bridgehead atoms. The van der Waals surface area contributed by atoms with Gasteiger partial charge in [-0.1, -0.05) is 26.0 Å². The molecule has 0 saturated carbocycles. The zero-order valence-electron chi connectivity index (χ0n) is 12.6. The Bertz CT molecular complexity index is 495. The molecule has 0 radical (unpaired) electrons. The summed E-state index contributed by atoms with van der Waals surface area (Å²) in [6, 6.07) is 8.89. The van der Waals surface area contributed by atoms with E-state index < -0.39 is 0 Å². The molecule has 1 aromatic carbocycles. The molecule has 0 unspecified atom stereocenters. The number of nitrogens with zero attached hydrogens (tertiary/aromatic N) is 2. The Morgan fingerprint density at radius 1 is 1.17 bits per heavy atom. The molecule has 0 aliphatic rings. The Morgan fingerprint density at radius 3 is 2.44 bits per heavy atom. The minimum atomic E-state index is 1.10. The molecule has 1 heterocycles. The van der Waals surface area contributed by atoms with E-state index in [-0.39, 0.29) is 0 Å². The van der Waals surface area contributed by atoms with Crippen LogP contribution in [0, 0.1) is 6.92 Å². The summed E-state index contributed by atoms with van der Waals surface area (Å²) < 4.78 is 2.26. The van der Waals surface area contributed by atoms with Crippen LogP contribution in [-0.2, 0) is 13.5 Å². The van der Waals surface area contributed by atoms with E-state index in [1.54, 1.807) is 0 Å². The van der Waals surface area contributed by atoms with Crippen molar-refractivity contribution in [1.82, 2.24) is 9.47 Å². The number of aromatic nitrogens is 1. The maximum absolute atomic E-state index is 2.29. The van der Waals surface area contributed by atoms with Crippen molar-refractivity contribution in [2.24, 2.45) is 7.05 Å². The Balaban J connectivity index is 0.000000771. The lowest BCUT2D eigenvalue weighted by Crippen LogP contribution is -2.15. The lowest BCUT2D eigenvalue weighted by molar-refractivity contribution is 0.414. The summed E-state index contributed by atoms with van der Waals surface area (Å²) >= 11 is 0. The number of fused-ring (bicyclic) bond motifs is 1. The highest BCUT2D eigenvalue weighted by molar-refractivity contribution is 5.84.